The zero-order valence-electron chi connectivity index (χ0n) is 11.5. The molecule has 1 atom stereocenters. The maximum absolute atomic E-state index is 12.6. The van der Waals surface area contributed by atoms with Crippen LogP contribution in [0, 0.1) is 0 Å². The van der Waals surface area contributed by atoms with Crippen LogP contribution in [0.25, 0.3) is 0 Å². The number of nitrogens with zero attached hydrogens (tertiary/aromatic N) is 3. The van der Waals surface area contributed by atoms with Gasteiger partial charge in [0.1, 0.15) is 0 Å². The summed E-state index contributed by atoms with van der Waals surface area (Å²) in [7, 11) is 0. The molecule has 3 rings (SSSR count). The lowest BCUT2D eigenvalue weighted by molar-refractivity contribution is 0.0563. The lowest BCUT2D eigenvalue weighted by Gasteiger charge is -2.34. The molecular weight excluding hydrogens is 256 g/mol. The number of carbonyl (C=O) groups is 1. The minimum atomic E-state index is -0.0866. The van der Waals surface area contributed by atoms with E-state index >= 15 is 0 Å². The molecule has 3 heterocycles. The maximum atomic E-state index is 12.6. The minimum absolute atomic E-state index is 0.0499. The van der Waals surface area contributed by atoms with E-state index in [1.807, 2.05) is 17.9 Å². The zero-order valence-corrected chi connectivity index (χ0v) is 11.5. The van der Waals surface area contributed by atoms with Crippen molar-refractivity contribution in [2.75, 3.05) is 6.54 Å². The van der Waals surface area contributed by atoms with E-state index in [1.165, 1.54) is 0 Å². The molecule has 0 saturated carbocycles. The smallest absolute Gasteiger partial charge is 0.293 e. The van der Waals surface area contributed by atoms with E-state index in [9.17, 15) is 4.79 Å². The molecule has 2 aromatic rings. The van der Waals surface area contributed by atoms with Gasteiger partial charge in [0, 0.05) is 18.8 Å². The zero-order chi connectivity index (χ0) is 13.9. The van der Waals surface area contributed by atoms with E-state index in [4.69, 9.17) is 4.52 Å². The van der Waals surface area contributed by atoms with Crippen molar-refractivity contribution in [3.8, 4) is 0 Å². The molecule has 6 nitrogen and oxygen atoms in total. The fraction of sp³-hybridized carbons (Fsp3) is 0.500. The molecule has 0 bridgehead atoms. The molecule has 6 heteroatoms. The van der Waals surface area contributed by atoms with Crippen molar-refractivity contribution in [1.29, 1.82) is 0 Å². The predicted molar refractivity (Wildman–Crippen MR) is 72.1 cm³/mol. The first-order valence-corrected chi connectivity index (χ1v) is 7.05. The van der Waals surface area contributed by atoms with E-state index in [1.54, 1.807) is 12.3 Å². The van der Waals surface area contributed by atoms with Gasteiger partial charge in [0.15, 0.2) is 0 Å². The third kappa shape index (κ3) is 2.33. The average molecular weight is 274 g/mol. The molecule has 20 heavy (non-hydrogen) atoms. The molecule has 1 aliphatic rings. The Kier molecular flexibility index (Phi) is 3.54. The van der Waals surface area contributed by atoms with Crippen LogP contribution in [-0.4, -0.2) is 32.7 Å². The summed E-state index contributed by atoms with van der Waals surface area (Å²) in [6.07, 6.45) is 5.56. The Morgan fingerprint density at radius 1 is 1.55 bits per heavy atom. The van der Waals surface area contributed by atoms with E-state index in [0.29, 0.717) is 5.76 Å². The number of aromatic amines is 1. The number of hydrogen-bond acceptors (Lipinski definition) is 4. The predicted octanol–water partition coefficient (Wildman–Crippen LogP) is 2.33. The summed E-state index contributed by atoms with van der Waals surface area (Å²) in [6, 6.07) is 3.71. The second-order valence-corrected chi connectivity index (χ2v) is 5.06. The summed E-state index contributed by atoms with van der Waals surface area (Å²) in [6.45, 7) is 2.73. The average Bonchev–Trinajstić information content (AvgIpc) is 3.17. The number of aromatic nitrogens is 3. The molecule has 106 valence electrons. The van der Waals surface area contributed by atoms with Crippen molar-refractivity contribution in [3.05, 3.63) is 35.5 Å². The van der Waals surface area contributed by atoms with Crippen LogP contribution in [0.5, 0.6) is 0 Å². The number of rotatable bonds is 3. The van der Waals surface area contributed by atoms with Crippen molar-refractivity contribution in [2.45, 2.75) is 38.6 Å². The lowest BCUT2D eigenvalue weighted by atomic mass is 9.99. The van der Waals surface area contributed by atoms with E-state index in [-0.39, 0.29) is 11.9 Å². The molecule has 0 radical (unpaired) electrons. The largest absolute Gasteiger partial charge is 0.351 e. The number of aryl methyl sites for hydroxylation is 1. The van der Waals surface area contributed by atoms with Crippen LogP contribution in [0.2, 0.25) is 0 Å². The van der Waals surface area contributed by atoms with Crippen LogP contribution in [0.1, 0.15) is 54.2 Å². The Balaban J connectivity index is 1.84. The van der Waals surface area contributed by atoms with Gasteiger partial charge in [-0.15, -0.1) is 0 Å². The molecule has 0 spiro atoms. The summed E-state index contributed by atoms with van der Waals surface area (Å²) in [5.74, 6) is 0.241. The van der Waals surface area contributed by atoms with Gasteiger partial charge in [-0.3, -0.25) is 9.89 Å². The van der Waals surface area contributed by atoms with Crippen molar-refractivity contribution in [1.82, 2.24) is 20.3 Å². The van der Waals surface area contributed by atoms with Crippen LogP contribution in [-0.2, 0) is 6.42 Å². The normalized spacial score (nSPS) is 19.2. The van der Waals surface area contributed by atoms with Crippen molar-refractivity contribution in [3.63, 3.8) is 0 Å². The van der Waals surface area contributed by atoms with Crippen LogP contribution >= 0.6 is 0 Å². The number of nitrogens with one attached hydrogen (secondary N) is 1. The highest BCUT2D eigenvalue weighted by molar-refractivity contribution is 5.91. The summed E-state index contributed by atoms with van der Waals surface area (Å²) in [5.41, 5.74) is 1.79. The molecule has 0 aromatic carbocycles. The van der Waals surface area contributed by atoms with Gasteiger partial charge in [-0.2, -0.15) is 5.10 Å². The van der Waals surface area contributed by atoms with Gasteiger partial charge in [0.2, 0.25) is 5.76 Å². The summed E-state index contributed by atoms with van der Waals surface area (Å²) in [4.78, 5) is 14.5. The van der Waals surface area contributed by atoms with Crippen molar-refractivity contribution in [2.24, 2.45) is 0 Å². The van der Waals surface area contributed by atoms with Crippen molar-refractivity contribution >= 4 is 5.91 Å². The van der Waals surface area contributed by atoms with Crippen LogP contribution in [0.15, 0.2) is 22.9 Å². The number of likely N-dealkylation sites (tertiary alicyclic amines) is 1. The number of H-pyrrole nitrogens is 1. The topological polar surface area (TPSA) is 75.0 Å². The first kappa shape index (κ1) is 12.9. The SMILES string of the molecule is CCc1cc(C(=O)N2CCCCC2c2ccn[nH]2)on1. The fourth-order valence-electron chi connectivity index (χ4n) is 2.67. The molecule has 1 unspecified atom stereocenters. The third-order valence-corrected chi connectivity index (χ3v) is 3.78. The van der Waals surface area contributed by atoms with Gasteiger partial charge in [0.25, 0.3) is 5.91 Å². The molecule has 1 N–H and O–H groups in total. The second kappa shape index (κ2) is 5.48. The highest BCUT2D eigenvalue weighted by Crippen LogP contribution is 2.30. The lowest BCUT2D eigenvalue weighted by Crippen LogP contribution is -2.38. The number of hydrogen-bond donors (Lipinski definition) is 1. The first-order valence-electron chi connectivity index (χ1n) is 7.05. The summed E-state index contributed by atoms with van der Waals surface area (Å²) in [5, 5.41) is 10.8. The van der Waals surface area contributed by atoms with Crippen molar-refractivity contribution < 1.29 is 9.32 Å². The van der Waals surface area contributed by atoms with E-state index < -0.39 is 0 Å². The van der Waals surface area contributed by atoms with Gasteiger partial charge >= 0.3 is 0 Å². The van der Waals surface area contributed by atoms with Gasteiger partial charge < -0.3 is 9.42 Å². The number of piperidine rings is 1. The number of amides is 1. The van der Waals surface area contributed by atoms with E-state index in [0.717, 1.165) is 43.6 Å². The van der Waals surface area contributed by atoms with Gasteiger partial charge in [-0.05, 0) is 31.7 Å². The summed E-state index contributed by atoms with van der Waals surface area (Å²) < 4.78 is 5.17. The van der Waals surface area contributed by atoms with E-state index in [2.05, 4.69) is 15.4 Å². The minimum Gasteiger partial charge on any atom is -0.351 e. The quantitative estimate of drug-likeness (QED) is 0.932. The molecule has 1 aliphatic heterocycles. The van der Waals surface area contributed by atoms with Gasteiger partial charge in [-0.1, -0.05) is 12.1 Å². The molecule has 1 amide bonds. The Hall–Kier alpha value is -2.11. The highest BCUT2D eigenvalue weighted by atomic mass is 16.5. The molecule has 0 aliphatic carbocycles. The number of carbonyl (C=O) groups excluding carboxylic acids is 1. The third-order valence-electron chi connectivity index (χ3n) is 3.78. The molecule has 2 aromatic heterocycles. The highest BCUT2D eigenvalue weighted by Gasteiger charge is 2.31. The Morgan fingerprint density at radius 2 is 2.45 bits per heavy atom. The Bertz CT molecular complexity index is 576. The Morgan fingerprint density at radius 3 is 3.15 bits per heavy atom. The van der Waals surface area contributed by atoms with Crippen LogP contribution in [0.4, 0.5) is 0 Å². The second-order valence-electron chi connectivity index (χ2n) is 5.06. The monoisotopic (exact) mass is 274 g/mol. The van der Waals surface area contributed by atoms with Crippen LogP contribution < -0.4 is 0 Å². The fourth-order valence-corrected chi connectivity index (χ4v) is 2.67. The van der Waals surface area contributed by atoms with Gasteiger partial charge in [0.05, 0.1) is 17.4 Å². The standard InChI is InChI=1S/C14H18N4O2/c1-2-10-9-13(20-17-10)14(19)18-8-4-3-5-12(18)11-6-7-15-16-11/h6-7,9,12H,2-5,8H2,1H3,(H,15,16). The molecular formula is C14H18N4O2. The molecule has 1 fully saturated rings. The Labute approximate surface area is 117 Å². The maximum Gasteiger partial charge on any atom is 0.293 e. The summed E-state index contributed by atoms with van der Waals surface area (Å²) >= 11 is 0. The van der Waals surface area contributed by atoms with Crippen LogP contribution in [0.3, 0.4) is 0 Å². The molecule has 1 saturated heterocycles. The van der Waals surface area contributed by atoms with Gasteiger partial charge in [-0.25, -0.2) is 0 Å². The first-order chi connectivity index (χ1) is 9.79.